The molecule has 2 amide bonds. The molecule has 0 aromatic heterocycles. The predicted octanol–water partition coefficient (Wildman–Crippen LogP) is -1.51. The van der Waals surface area contributed by atoms with E-state index in [2.05, 4.69) is 17.5 Å². The van der Waals surface area contributed by atoms with Crippen LogP contribution in [-0.4, -0.2) is 21.9 Å². The summed E-state index contributed by atoms with van der Waals surface area (Å²) >= 11 is 4.53. The van der Waals surface area contributed by atoms with Gasteiger partial charge in [-0.1, -0.05) is 0 Å². The van der Waals surface area contributed by atoms with Crippen molar-refractivity contribution in [3.05, 3.63) is 0 Å². The van der Waals surface area contributed by atoms with Crippen molar-refractivity contribution in [3.63, 3.8) is 0 Å². The molecule has 1 fully saturated rings. The van der Waals surface area contributed by atoms with Gasteiger partial charge in [0.05, 0.1) is 0 Å². The average molecular weight is 159 g/mol. The maximum atomic E-state index is 10.7. The zero-order valence-corrected chi connectivity index (χ0v) is 5.77. The Morgan fingerprint density at radius 2 is 2.20 bits per heavy atom. The van der Waals surface area contributed by atoms with E-state index < -0.39 is 11.8 Å². The SMILES string of the molecule is NN1C(=O)CC(=O)NC1=S. The van der Waals surface area contributed by atoms with Crippen LogP contribution in [0.3, 0.4) is 0 Å². The zero-order valence-electron chi connectivity index (χ0n) is 4.96. The Kier molecular flexibility index (Phi) is 1.64. The summed E-state index contributed by atoms with van der Waals surface area (Å²) in [5.41, 5.74) is 0. The number of hydrogen-bond donors (Lipinski definition) is 2. The van der Waals surface area contributed by atoms with Crippen LogP contribution in [0.2, 0.25) is 0 Å². The lowest BCUT2D eigenvalue weighted by Crippen LogP contribution is -2.55. The summed E-state index contributed by atoms with van der Waals surface area (Å²) in [7, 11) is 0. The molecule has 54 valence electrons. The number of carbonyl (C=O) groups excluding carboxylic acids is 2. The van der Waals surface area contributed by atoms with Crippen LogP contribution in [0.4, 0.5) is 0 Å². The normalized spacial score (nSPS) is 19.3. The van der Waals surface area contributed by atoms with E-state index in [1.807, 2.05) is 0 Å². The maximum Gasteiger partial charge on any atom is 0.252 e. The topological polar surface area (TPSA) is 75.4 Å². The monoisotopic (exact) mass is 159 g/mol. The number of nitrogens with one attached hydrogen (secondary N) is 1. The van der Waals surface area contributed by atoms with Crippen LogP contribution in [0.5, 0.6) is 0 Å². The molecule has 0 bridgehead atoms. The molecule has 0 saturated carbocycles. The van der Waals surface area contributed by atoms with Crippen molar-refractivity contribution in [3.8, 4) is 0 Å². The summed E-state index contributed by atoms with van der Waals surface area (Å²) < 4.78 is 0. The van der Waals surface area contributed by atoms with Crippen molar-refractivity contribution in [2.75, 3.05) is 0 Å². The standard InChI is InChI=1S/C4H5N3O2S/c5-7-3(9)1-2(8)6-4(7)10/h1,5H2,(H,6,8,10). The number of hydrazine groups is 1. The molecule has 6 heteroatoms. The Morgan fingerprint density at radius 3 is 2.70 bits per heavy atom. The summed E-state index contributed by atoms with van der Waals surface area (Å²) in [4.78, 5) is 21.2. The van der Waals surface area contributed by atoms with Crippen LogP contribution in [0.25, 0.3) is 0 Å². The minimum atomic E-state index is -0.478. The highest BCUT2D eigenvalue weighted by molar-refractivity contribution is 7.80. The molecule has 1 aliphatic rings. The number of hydrogen-bond acceptors (Lipinski definition) is 4. The van der Waals surface area contributed by atoms with E-state index in [1.165, 1.54) is 0 Å². The van der Waals surface area contributed by atoms with Gasteiger partial charge in [0.15, 0.2) is 5.11 Å². The third-order valence-corrected chi connectivity index (χ3v) is 1.34. The number of amides is 2. The Hall–Kier alpha value is -1.01. The van der Waals surface area contributed by atoms with Crippen molar-refractivity contribution >= 4 is 29.1 Å². The van der Waals surface area contributed by atoms with Gasteiger partial charge >= 0.3 is 0 Å². The van der Waals surface area contributed by atoms with E-state index in [0.29, 0.717) is 0 Å². The highest BCUT2D eigenvalue weighted by atomic mass is 32.1. The minimum absolute atomic E-state index is 0.0405. The third-order valence-electron chi connectivity index (χ3n) is 1.05. The van der Waals surface area contributed by atoms with Gasteiger partial charge in [0.1, 0.15) is 6.42 Å². The van der Waals surface area contributed by atoms with Crippen LogP contribution < -0.4 is 11.2 Å². The molecule has 0 aromatic rings. The van der Waals surface area contributed by atoms with Crippen LogP contribution in [-0.2, 0) is 9.59 Å². The minimum Gasteiger partial charge on any atom is -0.301 e. The summed E-state index contributed by atoms with van der Waals surface area (Å²) in [5.74, 6) is 4.23. The second-order valence-electron chi connectivity index (χ2n) is 1.79. The van der Waals surface area contributed by atoms with Gasteiger partial charge in [0.2, 0.25) is 5.91 Å². The fourth-order valence-corrected chi connectivity index (χ4v) is 0.775. The molecule has 0 atom stereocenters. The molecule has 0 aliphatic carbocycles. The highest BCUT2D eigenvalue weighted by Crippen LogP contribution is 1.95. The molecule has 0 unspecified atom stereocenters. The zero-order chi connectivity index (χ0) is 7.72. The molecule has 1 rings (SSSR count). The molecular formula is C4H5N3O2S. The third kappa shape index (κ3) is 1.12. The van der Waals surface area contributed by atoms with Crippen LogP contribution in [0.1, 0.15) is 6.42 Å². The van der Waals surface area contributed by atoms with Gasteiger partial charge in [-0.25, -0.2) is 10.9 Å². The maximum absolute atomic E-state index is 10.7. The van der Waals surface area contributed by atoms with E-state index in [9.17, 15) is 9.59 Å². The molecule has 0 radical (unpaired) electrons. The first kappa shape index (κ1) is 7.10. The summed E-state index contributed by atoms with van der Waals surface area (Å²) in [5, 5.41) is 2.94. The summed E-state index contributed by atoms with van der Waals surface area (Å²) in [6, 6.07) is 0. The van der Waals surface area contributed by atoms with Gasteiger partial charge in [-0.05, 0) is 12.2 Å². The first-order chi connectivity index (χ1) is 4.61. The Balaban J connectivity index is 2.76. The fourth-order valence-electron chi connectivity index (χ4n) is 0.559. The first-order valence-corrected chi connectivity index (χ1v) is 2.93. The molecule has 5 nitrogen and oxygen atoms in total. The number of carbonyl (C=O) groups is 2. The van der Waals surface area contributed by atoms with Gasteiger partial charge in [-0.15, -0.1) is 0 Å². The van der Waals surface area contributed by atoms with Crippen molar-refractivity contribution in [1.29, 1.82) is 0 Å². The van der Waals surface area contributed by atoms with Crippen LogP contribution >= 0.6 is 12.2 Å². The summed E-state index contributed by atoms with van der Waals surface area (Å²) in [6.45, 7) is 0. The fraction of sp³-hybridized carbons (Fsp3) is 0.250. The summed E-state index contributed by atoms with van der Waals surface area (Å²) in [6.07, 6.45) is -0.226. The Labute approximate surface area is 62.1 Å². The van der Waals surface area contributed by atoms with Crippen molar-refractivity contribution in [2.45, 2.75) is 6.42 Å². The van der Waals surface area contributed by atoms with Gasteiger partial charge in [0, 0.05) is 0 Å². The van der Waals surface area contributed by atoms with E-state index in [4.69, 9.17) is 5.84 Å². The molecule has 0 aromatic carbocycles. The van der Waals surface area contributed by atoms with E-state index in [0.717, 1.165) is 5.01 Å². The molecule has 10 heavy (non-hydrogen) atoms. The van der Waals surface area contributed by atoms with Gasteiger partial charge < -0.3 is 5.32 Å². The molecule has 3 N–H and O–H groups in total. The number of nitrogens with two attached hydrogens (primary N) is 1. The Bertz CT molecular complexity index is 195. The first-order valence-electron chi connectivity index (χ1n) is 2.52. The molecule has 1 saturated heterocycles. The van der Waals surface area contributed by atoms with Crippen molar-refractivity contribution < 1.29 is 9.59 Å². The largest absolute Gasteiger partial charge is 0.301 e. The predicted molar refractivity (Wildman–Crippen MR) is 36.4 cm³/mol. The smallest absolute Gasteiger partial charge is 0.252 e. The van der Waals surface area contributed by atoms with E-state index >= 15 is 0 Å². The Morgan fingerprint density at radius 1 is 1.60 bits per heavy atom. The van der Waals surface area contributed by atoms with Gasteiger partial charge in [0.25, 0.3) is 5.91 Å². The molecule has 0 spiro atoms. The van der Waals surface area contributed by atoms with Gasteiger partial charge in [-0.2, -0.15) is 0 Å². The number of nitrogens with zero attached hydrogens (tertiary/aromatic N) is 1. The molecule has 1 aliphatic heterocycles. The number of rotatable bonds is 0. The second-order valence-corrected chi connectivity index (χ2v) is 2.18. The van der Waals surface area contributed by atoms with Crippen molar-refractivity contribution in [1.82, 2.24) is 10.3 Å². The van der Waals surface area contributed by atoms with E-state index in [1.54, 1.807) is 0 Å². The lowest BCUT2D eigenvalue weighted by atomic mass is 10.3. The highest BCUT2D eigenvalue weighted by Gasteiger charge is 2.24. The van der Waals surface area contributed by atoms with Crippen LogP contribution in [0.15, 0.2) is 0 Å². The lowest BCUT2D eigenvalue weighted by molar-refractivity contribution is -0.135. The van der Waals surface area contributed by atoms with Crippen LogP contribution in [0, 0.1) is 0 Å². The second kappa shape index (κ2) is 2.31. The van der Waals surface area contributed by atoms with E-state index in [-0.39, 0.29) is 11.5 Å². The average Bonchev–Trinajstić information content (AvgIpc) is 1.82. The molecular weight excluding hydrogens is 154 g/mol. The van der Waals surface area contributed by atoms with Crippen molar-refractivity contribution in [2.24, 2.45) is 5.84 Å². The molecule has 1 heterocycles. The van der Waals surface area contributed by atoms with Gasteiger partial charge in [-0.3, -0.25) is 9.59 Å². The lowest BCUT2D eigenvalue weighted by Gasteiger charge is -2.21. The number of thiocarbonyl (C=S) groups is 1. The quantitative estimate of drug-likeness (QED) is 0.195.